The summed E-state index contributed by atoms with van der Waals surface area (Å²) in [6.45, 7) is 2.33. The molecule has 1 aliphatic carbocycles. The summed E-state index contributed by atoms with van der Waals surface area (Å²) in [7, 11) is 2.13. The lowest BCUT2D eigenvalue weighted by atomic mass is 9.84. The van der Waals surface area contributed by atoms with Crippen molar-refractivity contribution < 1.29 is 0 Å². The Morgan fingerprint density at radius 3 is 2.68 bits per heavy atom. The second-order valence-corrected chi connectivity index (χ2v) is 6.43. The number of anilines is 1. The summed E-state index contributed by atoms with van der Waals surface area (Å²) in [5, 5.41) is 7.74. The van der Waals surface area contributed by atoms with Gasteiger partial charge in [-0.1, -0.05) is 35.7 Å². The van der Waals surface area contributed by atoms with Gasteiger partial charge >= 0.3 is 0 Å². The van der Waals surface area contributed by atoms with Gasteiger partial charge < -0.3 is 10.6 Å². The van der Waals surface area contributed by atoms with Crippen molar-refractivity contribution in [2.45, 2.75) is 38.6 Å². The summed E-state index contributed by atoms with van der Waals surface area (Å²) in [5.41, 5.74) is 7.59. The number of hydrogen-bond donors (Lipinski definition) is 2. The molecule has 2 atom stereocenters. The molecule has 3 N–H and O–H groups in total. The summed E-state index contributed by atoms with van der Waals surface area (Å²) in [6.07, 6.45) is 5.15. The topological polar surface area (TPSA) is 53.1 Å². The fourth-order valence-electron chi connectivity index (χ4n) is 3.08. The van der Waals surface area contributed by atoms with Crippen LogP contribution in [-0.2, 0) is 0 Å². The van der Waals surface area contributed by atoms with Gasteiger partial charge in [0.25, 0.3) is 0 Å². The third kappa shape index (κ3) is 3.11. The summed E-state index contributed by atoms with van der Waals surface area (Å²) < 4.78 is 1.03. The summed E-state index contributed by atoms with van der Waals surface area (Å²) in [5.74, 6) is 0.829. The Kier molecular flexibility index (Phi) is 4.50. The van der Waals surface area contributed by atoms with E-state index in [1.807, 2.05) is 12.1 Å². The Morgan fingerprint density at radius 2 is 2.05 bits per heavy atom. The first-order valence-electron chi connectivity index (χ1n) is 6.87. The minimum atomic E-state index is 0.137. The Balaban J connectivity index is 2.34. The number of nitrogen functional groups attached to an aromatic ring is 1. The first-order valence-corrected chi connectivity index (χ1v) is 7.66. The van der Waals surface area contributed by atoms with Crippen LogP contribution in [0.3, 0.4) is 0 Å². The molecule has 4 heteroatoms. The third-order valence-electron chi connectivity index (χ3n) is 4.19. The highest BCUT2D eigenvalue weighted by Crippen LogP contribution is 2.33. The van der Waals surface area contributed by atoms with E-state index >= 15 is 0 Å². The lowest BCUT2D eigenvalue weighted by Gasteiger charge is -2.38. The monoisotopic (exact) mass is 323 g/mol. The van der Waals surface area contributed by atoms with Crippen LogP contribution in [0.2, 0.25) is 0 Å². The molecule has 0 heterocycles. The molecule has 0 aromatic heterocycles. The van der Waals surface area contributed by atoms with E-state index in [4.69, 9.17) is 11.1 Å². The van der Waals surface area contributed by atoms with E-state index in [0.717, 1.165) is 15.7 Å². The van der Waals surface area contributed by atoms with E-state index in [1.54, 1.807) is 0 Å². The molecule has 0 aliphatic heterocycles. The van der Waals surface area contributed by atoms with Crippen molar-refractivity contribution in [3.05, 3.63) is 28.2 Å². The summed E-state index contributed by atoms with van der Waals surface area (Å²) in [6, 6.07) is 6.48. The fraction of sp³-hybridized carbons (Fsp3) is 0.533. The highest BCUT2D eigenvalue weighted by atomic mass is 79.9. The molecule has 0 spiro atoms. The Morgan fingerprint density at radius 1 is 1.37 bits per heavy atom. The normalized spacial score (nSPS) is 23.1. The van der Waals surface area contributed by atoms with Crippen molar-refractivity contribution in [2.75, 3.05) is 11.9 Å². The van der Waals surface area contributed by atoms with E-state index in [9.17, 15) is 0 Å². The number of amidine groups is 1. The van der Waals surface area contributed by atoms with Crippen LogP contribution in [0.15, 0.2) is 22.7 Å². The predicted molar refractivity (Wildman–Crippen MR) is 85.0 cm³/mol. The molecule has 1 fully saturated rings. The van der Waals surface area contributed by atoms with Gasteiger partial charge in [-0.05, 0) is 37.0 Å². The van der Waals surface area contributed by atoms with Crippen LogP contribution in [0.5, 0.6) is 0 Å². The maximum Gasteiger partial charge on any atom is 0.124 e. The maximum absolute atomic E-state index is 7.74. The van der Waals surface area contributed by atoms with E-state index in [1.165, 1.54) is 25.7 Å². The first kappa shape index (κ1) is 14.4. The number of halogens is 1. The van der Waals surface area contributed by atoms with Crippen molar-refractivity contribution in [1.29, 1.82) is 5.41 Å². The smallest absolute Gasteiger partial charge is 0.124 e. The number of nitrogens with zero attached hydrogens (tertiary/aromatic N) is 1. The molecule has 19 heavy (non-hydrogen) atoms. The van der Waals surface area contributed by atoms with Crippen LogP contribution >= 0.6 is 15.9 Å². The van der Waals surface area contributed by atoms with Crippen molar-refractivity contribution in [2.24, 2.45) is 11.7 Å². The molecule has 1 aliphatic rings. The molecular weight excluding hydrogens is 302 g/mol. The number of nitrogens with two attached hydrogens (primary N) is 1. The predicted octanol–water partition coefficient (Wildman–Crippen LogP) is 3.75. The number of benzene rings is 1. The van der Waals surface area contributed by atoms with Crippen molar-refractivity contribution in [1.82, 2.24) is 0 Å². The van der Waals surface area contributed by atoms with E-state index in [-0.39, 0.29) is 5.84 Å². The molecule has 0 radical (unpaired) electrons. The van der Waals surface area contributed by atoms with Crippen LogP contribution in [0.4, 0.5) is 5.69 Å². The molecule has 104 valence electrons. The fourth-order valence-corrected chi connectivity index (χ4v) is 3.42. The molecule has 2 rings (SSSR count). The van der Waals surface area contributed by atoms with Gasteiger partial charge in [-0.15, -0.1) is 0 Å². The largest absolute Gasteiger partial charge is 0.384 e. The zero-order chi connectivity index (χ0) is 14.0. The van der Waals surface area contributed by atoms with E-state index in [0.29, 0.717) is 12.0 Å². The highest BCUT2D eigenvalue weighted by molar-refractivity contribution is 9.10. The first-order chi connectivity index (χ1) is 9.00. The summed E-state index contributed by atoms with van der Waals surface area (Å²) in [4.78, 5) is 2.31. The zero-order valence-electron chi connectivity index (χ0n) is 11.6. The number of nitrogens with one attached hydrogen (secondary N) is 1. The van der Waals surface area contributed by atoms with Gasteiger partial charge in [0.1, 0.15) is 5.84 Å². The van der Waals surface area contributed by atoms with Crippen molar-refractivity contribution in [3.63, 3.8) is 0 Å². The van der Waals surface area contributed by atoms with Gasteiger partial charge in [0.15, 0.2) is 0 Å². The van der Waals surface area contributed by atoms with Gasteiger partial charge in [0.2, 0.25) is 0 Å². The minimum Gasteiger partial charge on any atom is -0.384 e. The van der Waals surface area contributed by atoms with Crippen molar-refractivity contribution >= 4 is 27.5 Å². The third-order valence-corrected chi connectivity index (χ3v) is 4.69. The molecule has 3 nitrogen and oxygen atoms in total. The quantitative estimate of drug-likeness (QED) is 0.657. The number of hydrogen-bond acceptors (Lipinski definition) is 2. The van der Waals surface area contributed by atoms with Gasteiger partial charge in [-0.3, -0.25) is 5.41 Å². The lowest BCUT2D eigenvalue weighted by Crippen LogP contribution is -2.40. The van der Waals surface area contributed by atoms with Crippen LogP contribution in [0.25, 0.3) is 0 Å². The van der Waals surface area contributed by atoms with E-state index < -0.39 is 0 Å². The minimum absolute atomic E-state index is 0.137. The zero-order valence-corrected chi connectivity index (χ0v) is 13.2. The molecule has 1 aromatic carbocycles. The molecule has 1 saturated carbocycles. The second-order valence-electron chi connectivity index (χ2n) is 5.52. The Bertz CT molecular complexity index is 472. The molecule has 0 bridgehead atoms. The standard InChI is InChI=1S/C15H22BrN3/c1-10-5-3-4-6-13(10)19(2)14-9-11(16)7-8-12(14)15(17)18/h7-10,13H,3-6H2,1-2H3,(H3,17,18). The second kappa shape index (κ2) is 5.95. The van der Waals surface area contributed by atoms with Crippen LogP contribution in [0, 0.1) is 11.3 Å². The number of rotatable bonds is 3. The van der Waals surface area contributed by atoms with Gasteiger partial charge in [-0.2, -0.15) is 0 Å². The summed E-state index contributed by atoms with van der Waals surface area (Å²) >= 11 is 3.51. The van der Waals surface area contributed by atoms with Gasteiger partial charge in [0.05, 0.1) is 0 Å². The lowest BCUT2D eigenvalue weighted by molar-refractivity contribution is 0.321. The van der Waals surface area contributed by atoms with Gasteiger partial charge in [-0.25, -0.2) is 0 Å². The highest BCUT2D eigenvalue weighted by Gasteiger charge is 2.26. The maximum atomic E-state index is 7.74. The molecular formula is C15H22BrN3. The Hall–Kier alpha value is -1.03. The van der Waals surface area contributed by atoms with Crippen LogP contribution < -0.4 is 10.6 Å². The SMILES string of the molecule is CC1CCCCC1N(C)c1cc(Br)ccc1C(=N)N. The van der Waals surface area contributed by atoms with Crippen LogP contribution in [0.1, 0.15) is 38.2 Å². The molecule has 2 unspecified atom stereocenters. The van der Waals surface area contributed by atoms with Crippen LogP contribution in [-0.4, -0.2) is 18.9 Å². The molecule has 0 saturated heterocycles. The molecule has 1 aromatic rings. The van der Waals surface area contributed by atoms with Crippen molar-refractivity contribution in [3.8, 4) is 0 Å². The average molecular weight is 324 g/mol. The van der Waals surface area contributed by atoms with Gasteiger partial charge in [0, 0.05) is 28.8 Å². The van der Waals surface area contributed by atoms with E-state index in [2.05, 4.69) is 40.9 Å². The average Bonchev–Trinajstić information content (AvgIpc) is 2.38. The molecule has 0 amide bonds. The Labute approximate surface area is 123 Å².